The maximum atomic E-state index is 12.9. The summed E-state index contributed by atoms with van der Waals surface area (Å²) >= 11 is 5.92. The Balaban J connectivity index is 2.77. The monoisotopic (exact) mass is 215 g/mol. The van der Waals surface area contributed by atoms with E-state index >= 15 is 0 Å². The number of unbranched alkanes of at least 4 members (excludes halogenated alkanes) is 1. The van der Waals surface area contributed by atoms with E-state index in [2.05, 4.69) is 6.92 Å². The molecule has 0 radical (unpaired) electrons. The Morgan fingerprint density at radius 1 is 1.50 bits per heavy atom. The summed E-state index contributed by atoms with van der Waals surface area (Å²) in [6.45, 7) is 2.10. The van der Waals surface area contributed by atoms with Gasteiger partial charge in [0.1, 0.15) is 5.82 Å². The number of hydrogen-bond acceptors (Lipinski definition) is 1. The van der Waals surface area contributed by atoms with Gasteiger partial charge in [-0.1, -0.05) is 31.4 Å². The third-order valence-corrected chi connectivity index (χ3v) is 2.57. The van der Waals surface area contributed by atoms with E-state index in [-0.39, 0.29) is 11.9 Å². The number of rotatable bonds is 4. The van der Waals surface area contributed by atoms with Crippen molar-refractivity contribution in [3.8, 4) is 0 Å². The Kier molecular flexibility index (Phi) is 4.36. The van der Waals surface area contributed by atoms with Crippen molar-refractivity contribution in [1.82, 2.24) is 0 Å². The quantitative estimate of drug-likeness (QED) is 0.815. The summed E-state index contributed by atoms with van der Waals surface area (Å²) < 4.78 is 12.9. The molecule has 1 aromatic rings. The molecule has 78 valence electrons. The van der Waals surface area contributed by atoms with Crippen LogP contribution in [-0.2, 0) is 0 Å². The van der Waals surface area contributed by atoms with Gasteiger partial charge in [-0.15, -0.1) is 0 Å². The molecule has 0 aliphatic carbocycles. The molecule has 0 aliphatic rings. The molecule has 0 saturated carbocycles. The fraction of sp³-hybridized carbons (Fsp3) is 0.455. The first-order valence-electron chi connectivity index (χ1n) is 4.85. The van der Waals surface area contributed by atoms with E-state index in [1.54, 1.807) is 6.07 Å². The first-order valence-corrected chi connectivity index (χ1v) is 5.23. The number of benzene rings is 1. The molecule has 0 amide bonds. The van der Waals surface area contributed by atoms with E-state index in [0.717, 1.165) is 19.3 Å². The lowest BCUT2D eigenvalue weighted by Gasteiger charge is -2.12. The topological polar surface area (TPSA) is 26.0 Å². The highest BCUT2D eigenvalue weighted by Gasteiger charge is 2.10. The zero-order valence-corrected chi connectivity index (χ0v) is 9.02. The Morgan fingerprint density at radius 2 is 2.21 bits per heavy atom. The van der Waals surface area contributed by atoms with Crippen molar-refractivity contribution in [3.63, 3.8) is 0 Å². The second-order valence-corrected chi connectivity index (χ2v) is 3.82. The van der Waals surface area contributed by atoms with E-state index in [1.165, 1.54) is 12.1 Å². The van der Waals surface area contributed by atoms with E-state index < -0.39 is 0 Å². The smallest absolute Gasteiger partial charge is 0.123 e. The van der Waals surface area contributed by atoms with Gasteiger partial charge in [-0.2, -0.15) is 0 Å². The summed E-state index contributed by atoms with van der Waals surface area (Å²) in [6, 6.07) is 4.16. The fourth-order valence-electron chi connectivity index (χ4n) is 1.38. The molecule has 0 aromatic heterocycles. The molecule has 0 bridgehead atoms. The lowest BCUT2D eigenvalue weighted by atomic mass is 10.0. The van der Waals surface area contributed by atoms with Crippen LogP contribution in [0.4, 0.5) is 4.39 Å². The molecular formula is C11H15ClFN. The Hall–Kier alpha value is -0.600. The normalized spacial score (nSPS) is 12.9. The van der Waals surface area contributed by atoms with Crippen LogP contribution in [0.1, 0.15) is 37.8 Å². The highest BCUT2D eigenvalue weighted by Crippen LogP contribution is 2.25. The van der Waals surface area contributed by atoms with Gasteiger partial charge in [0.15, 0.2) is 0 Å². The van der Waals surface area contributed by atoms with Crippen LogP contribution < -0.4 is 5.73 Å². The molecule has 0 saturated heterocycles. The molecular weight excluding hydrogens is 201 g/mol. The van der Waals surface area contributed by atoms with Crippen molar-refractivity contribution in [2.75, 3.05) is 0 Å². The SMILES string of the molecule is CCCC[C@H](N)c1cc(F)ccc1Cl. The molecule has 0 aliphatic heterocycles. The van der Waals surface area contributed by atoms with Gasteiger partial charge < -0.3 is 5.73 Å². The molecule has 14 heavy (non-hydrogen) atoms. The van der Waals surface area contributed by atoms with Gasteiger partial charge in [0, 0.05) is 11.1 Å². The predicted octanol–water partition coefficient (Wildman–Crippen LogP) is 3.67. The number of halogens is 2. The summed E-state index contributed by atoms with van der Waals surface area (Å²) in [7, 11) is 0. The van der Waals surface area contributed by atoms with Crippen LogP contribution in [0.5, 0.6) is 0 Å². The summed E-state index contributed by atoms with van der Waals surface area (Å²) in [5.41, 5.74) is 6.61. The highest BCUT2D eigenvalue weighted by molar-refractivity contribution is 6.31. The third-order valence-electron chi connectivity index (χ3n) is 2.23. The van der Waals surface area contributed by atoms with E-state index in [9.17, 15) is 4.39 Å². The predicted molar refractivity (Wildman–Crippen MR) is 57.9 cm³/mol. The molecule has 0 spiro atoms. The van der Waals surface area contributed by atoms with Gasteiger partial charge in [0.25, 0.3) is 0 Å². The Labute approximate surface area is 89.1 Å². The van der Waals surface area contributed by atoms with Crippen molar-refractivity contribution >= 4 is 11.6 Å². The van der Waals surface area contributed by atoms with Crippen LogP contribution in [-0.4, -0.2) is 0 Å². The van der Waals surface area contributed by atoms with Gasteiger partial charge in [0.05, 0.1) is 0 Å². The van der Waals surface area contributed by atoms with E-state index in [1.807, 2.05) is 0 Å². The van der Waals surface area contributed by atoms with Crippen LogP contribution in [0, 0.1) is 5.82 Å². The van der Waals surface area contributed by atoms with Crippen molar-refractivity contribution < 1.29 is 4.39 Å². The molecule has 0 heterocycles. The maximum absolute atomic E-state index is 12.9. The van der Waals surface area contributed by atoms with Gasteiger partial charge >= 0.3 is 0 Å². The number of nitrogens with two attached hydrogens (primary N) is 1. The molecule has 1 aromatic carbocycles. The largest absolute Gasteiger partial charge is 0.324 e. The minimum atomic E-state index is -0.281. The summed E-state index contributed by atoms with van der Waals surface area (Å²) in [6.07, 6.45) is 2.97. The van der Waals surface area contributed by atoms with E-state index in [0.29, 0.717) is 10.6 Å². The molecule has 1 atom stereocenters. The average molecular weight is 216 g/mol. The standard InChI is InChI=1S/C11H15ClFN/c1-2-3-4-11(14)9-7-8(13)5-6-10(9)12/h5-7,11H,2-4,14H2,1H3/t11-/m0/s1. The van der Waals surface area contributed by atoms with E-state index in [4.69, 9.17) is 17.3 Å². The van der Waals surface area contributed by atoms with Crippen molar-refractivity contribution in [3.05, 3.63) is 34.6 Å². The van der Waals surface area contributed by atoms with Crippen LogP contribution in [0.15, 0.2) is 18.2 Å². The molecule has 0 unspecified atom stereocenters. The highest BCUT2D eigenvalue weighted by atomic mass is 35.5. The van der Waals surface area contributed by atoms with Gasteiger partial charge in [-0.25, -0.2) is 4.39 Å². The van der Waals surface area contributed by atoms with Gasteiger partial charge in [-0.3, -0.25) is 0 Å². The maximum Gasteiger partial charge on any atom is 0.123 e. The third kappa shape index (κ3) is 2.96. The second-order valence-electron chi connectivity index (χ2n) is 3.41. The summed E-state index contributed by atoms with van der Waals surface area (Å²) in [5, 5.41) is 0.551. The van der Waals surface area contributed by atoms with Gasteiger partial charge in [-0.05, 0) is 30.2 Å². The minimum Gasteiger partial charge on any atom is -0.324 e. The van der Waals surface area contributed by atoms with Crippen molar-refractivity contribution in [1.29, 1.82) is 0 Å². The zero-order chi connectivity index (χ0) is 10.6. The summed E-state index contributed by atoms with van der Waals surface area (Å²) in [5.74, 6) is -0.281. The zero-order valence-electron chi connectivity index (χ0n) is 8.26. The number of hydrogen-bond donors (Lipinski definition) is 1. The first kappa shape index (κ1) is 11.5. The summed E-state index contributed by atoms with van der Waals surface area (Å²) in [4.78, 5) is 0. The molecule has 0 fully saturated rings. The molecule has 1 nitrogen and oxygen atoms in total. The van der Waals surface area contributed by atoms with Crippen LogP contribution in [0.25, 0.3) is 0 Å². The lowest BCUT2D eigenvalue weighted by Crippen LogP contribution is -2.10. The average Bonchev–Trinajstić information content (AvgIpc) is 2.18. The van der Waals surface area contributed by atoms with Crippen LogP contribution in [0.3, 0.4) is 0 Å². The molecule has 2 N–H and O–H groups in total. The second kappa shape index (κ2) is 5.32. The lowest BCUT2D eigenvalue weighted by molar-refractivity contribution is 0.588. The van der Waals surface area contributed by atoms with Crippen LogP contribution >= 0.6 is 11.6 Å². The molecule has 1 rings (SSSR count). The Morgan fingerprint density at radius 3 is 2.86 bits per heavy atom. The van der Waals surface area contributed by atoms with Crippen molar-refractivity contribution in [2.45, 2.75) is 32.2 Å². The molecule has 3 heteroatoms. The van der Waals surface area contributed by atoms with Crippen LogP contribution in [0.2, 0.25) is 5.02 Å². The first-order chi connectivity index (χ1) is 6.65. The van der Waals surface area contributed by atoms with Crippen molar-refractivity contribution in [2.24, 2.45) is 5.73 Å². The fourth-order valence-corrected chi connectivity index (χ4v) is 1.64. The van der Waals surface area contributed by atoms with Gasteiger partial charge in [0.2, 0.25) is 0 Å². The minimum absolute atomic E-state index is 0.154. The Bertz CT molecular complexity index is 301.